The van der Waals surface area contributed by atoms with Crippen molar-refractivity contribution in [1.82, 2.24) is 0 Å². The van der Waals surface area contributed by atoms with Gasteiger partial charge in [-0.1, -0.05) is 42.3 Å². The van der Waals surface area contributed by atoms with E-state index >= 15 is 0 Å². The number of hydrogen-bond acceptors (Lipinski definition) is 3. The largest absolute Gasteiger partial charge is 0.398 e. The van der Waals surface area contributed by atoms with Crippen molar-refractivity contribution < 1.29 is 9.59 Å². The van der Waals surface area contributed by atoms with Gasteiger partial charge in [0.1, 0.15) is 0 Å². The van der Waals surface area contributed by atoms with Crippen LogP contribution in [0.5, 0.6) is 0 Å². The van der Waals surface area contributed by atoms with Crippen molar-refractivity contribution in [2.75, 3.05) is 11.1 Å². The Kier molecular flexibility index (Phi) is 6.57. The van der Waals surface area contributed by atoms with E-state index in [4.69, 9.17) is 11.5 Å². The maximum atomic E-state index is 12.0. The Bertz CT molecular complexity index is 726. The van der Waals surface area contributed by atoms with Crippen molar-refractivity contribution in [2.24, 2.45) is 5.73 Å². The zero-order valence-electron chi connectivity index (χ0n) is 14.5. The van der Waals surface area contributed by atoms with Crippen LogP contribution in [-0.2, 0) is 9.59 Å². The third-order valence-corrected chi connectivity index (χ3v) is 4.20. The van der Waals surface area contributed by atoms with Gasteiger partial charge in [0, 0.05) is 17.8 Å². The van der Waals surface area contributed by atoms with Crippen LogP contribution in [0.3, 0.4) is 0 Å². The van der Waals surface area contributed by atoms with Crippen molar-refractivity contribution in [3.63, 3.8) is 0 Å². The molecule has 0 fully saturated rings. The zero-order valence-corrected chi connectivity index (χ0v) is 14.5. The van der Waals surface area contributed by atoms with Crippen LogP contribution in [0.15, 0.2) is 48.5 Å². The molecule has 0 aliphatic rings. The third kappa shape index (κ3) is 5.64. The summed E-state index contributed by atoms with van der Waals surface area (Å²) < 4.78 is 0. The molecule has 2 amide bonds. The van der Waals surface area contributed by atoms with Gasteiger partial charge >= 0.3 is 0 Å². The average Bonchev–Trinajstić information content (AvgIpc) is 2.58. The highest BCUT2D eigenvalue weighted by atomic mass is 16.2. The molecule has 132 valence electrons. The average molecular weight is 339 g/mol. The SMILES string of the molecule is Cc1ccc(NC(=O)CCCCC(C(N)=O)c2ccccc2N)cc1. The molecule has 0 aromatic heterocycles. The Hall–Kier alpha value is -2.82. The van der Waals surface area contributed by atoms with E-state index in [9.17, 15) is 9.59 Å². The standard InChI is InChI=1S/C20H25N3O2/c1-14-10-12-15(13-11-14)23-19(24)9-5-3-7-17(20(22)25)16-6-2-4-8-18(16)21/h2,4,6,8,10-13,17H,3,5,7,9,21H2,1H3,(H2,22,25)(H,23,24). The van der Waals surface area contributed by atoms with Crippen molar-refractivity contribution in [2.45, 2.75) is 38.5 Å². The molecule has 5 nitrogen and oxygen atoms in total. The number of benzene rings is 2. The highest BCUT2D eigenvalue weighted by molar-refractivity contribution is 5.90. The Morgan fingerprint density at radius 3 is 2.36 bits per heavy atom. The molecule has 0 heterocycles. The Balaban J connectivity index is 1.80. The molecule has 2 rings (SSSR count). The molecular formula is C20H25N3O2. The third-order valence-electron chi connectivity index (χ3n) is 4.20. The Morgan fingerprint density at radius 2 is 1.72 bits per heavy atom. The fourth-order valence-corrected chi connectivity index (χ4v) is 2.77. The molecule has 2 aromatic rings. The van der Waals surface area contributed by atoms with E-state index in [1.165, 1.54) is 0 Å². The highest BCUT2D eigenvalue weighted by Crippen LogP contribution is 2.27. The lowest BCUT2D eigenvalue weighted by Crippen LogP contribution is -2.22. The minimum Gasteiger partial charge on any atom is -0.398 e. The number of aryl methyl sites for hydroxylation is 1. The second-order valence-electron chi connectivity index (χ2n) is 6.24. The molecular weight excluding hydrogens is 314 g/mol. The molecule has 0 saturated heterocycles. The fraction of sp³-hybridized carbons (Fsp3) is 0.300. The maximum Gasteiger partial charge on any atom is 0.225 e. The number of anilines is 2. The van der Waals surface area contributed by atoms with Gasteiger partial charge in [0.2, 0.25) is 11.8 Å². The number of nitrogens with one attached hydrogen (secondary N) is 1. The number of nitrogens with two attached hydrogens (primary N) is 2. The lowest BCUT2D eigenvalue weighted by Gasteiger charge is -2.15. The van der Waals surface area contributed by atoms with E-state index in [0.29, 0.717) is 24.9 Å². The van der Waals surface area contributed by atoms with Gasteiger partial charge < -0.3 is 16.8 Å². The number of rotatable bonds is 8. The van der Waals surface area contributed by atoms with Crippen LogP contribution in [0, 0.1) is 6.92 Å². The van der Waals surface area contributed by atoms with Crippen LogP contribution in [0.25, 0.3) is 0 Å². The second kappa shape index (κ2) is 8.87. The summed E-state index contributed by atoms with van der Waals surface area (Å²) in [5.74, 6) is -0.831. The summed E-state index contributed by atoms with van der Waals surface area (Å²) in [4.78, 5) is 23.7. The molecule has 5 heteroatoms. The molecule has 5 N–H and O–H groups in total. The first-order valence-electron chi connectivity index (χ1n) is 8.47. The normalized spacial score (nSPS) is 11.7. The lowest BCUT2D eigenvalue weighted by atomic mass is 9.91. The Labute approximate surface area is 148 Å². The molecule has 0 aliphatic carbocycles. The summed E-state index contributed by atoms with van der Waals surface area (Å²) >= 11 is 0. The van der Waals surface area contributed by atoms with E-state index < -0.39 is 5.92 Å². The molecule has 2 aromatic carbocycles. The van der Waals surface area contributed by atoms with Gasteiger partial charge in [0.25, 0.3) is 0 Å². The lowest BCUT2D eigenvalue weighted by molar-refractivity contribution is -0.119. The first kappa shape index (κ1) is 18.5. The van der Waals surface area contributed by atoms with E-state index in [0.717, 1.165) is 23.2 Å². The summed E-state index contributed by atoms with van der Waals surface area (Å²) in [6, 6.07) is 14.9. The van der Waals surface area contributed by atoms with E-state index in [1.54, 1.807) is 6.07 Å². The van der Waals surface area contributed by atoms with Gasteiger partial charge in [-0.25, -0.2) is 0 Å². The summed E-state index contributed by atoms with van der Waals surface area (Å²) in [6.45, 7) is 2.00. The summed E-state index contributed by atoms with van der Waals surface area (Å²) in [5, 5.41) is 2.87. The second-order valence-corrected chi connectivity index (χ2v) is 6.24. The van der Waals surface area contributed by atoms with Gasteiger partial charge in [0.05, 0.1) is 5.92 Å². The van der Waals surface area contributed by atoms with Crippen molar-refractivity contribution in [3.8, 4) is 0 Å². The molecule has 0 radical (unpaired) electrons. The monoisotopic (exact) mass is 339 g/mol. The molecule has 0 saturated carbocycles. The number of amides is 2. The molecule has 1 unspecified atom stereocenters. The highest BCUT2D eigenvalue weighted by Gasteiger charge is 2.19. The fourth-order valence-electron chi connectivity index (χ4n) is 2.77. The van der Waals surface area contributed by atoms with Crippen LogP contribution in [0.2, 0.25) is 0 Å². The predicted molar refractivity (Wildman–Crippen MR) is 101 cm³/mol. The van der Waals surface area contributed by atoms with Gasteiger partial charge in [-0.15, -0.1) is 0 Å². The number of carbonyl (C=O) groups is 2. The van der Waals surface area contributed by atoms with Crippen LogP contribution >= 0.6 is 0 Å². The number of unbranched alkanes of at least 4 members (excludes halogenated alkanes) is 1. The number of para-hydroxylation sites is 1. The number of nitrogen functional groups attached to an aromatic ring is 1. The first-order valence-corrected chi connectivity index (χ1v) is 8.47. The summed E-state index contributed by atoms with van der Waals surface area (Å²) in [6.07, 6.45) is 2.41. The van der Waals surface area contributed by atoms with Crippen molar-refractivity contribution in [1.29, 1.82) is 0 Å². The zero-order chi connectivity index (χ0) is 18.2. The minimum absolute atomic E-state index is 0.0290. The van der Waals surface area contributed by atoms with Gasteiger partial charge in [0.15, 0.2) is 0 Å². The van der Waals surface area contributed by atoms with Gasteiger partial charge in [-0.05, 0) is 43.5 Å². The van der Waals surface area contributed by atoms with Gasteiger partial charge in [-0.3, -0.25) is 9.59 Å². The van der Waals surface area contributed by atoms with Crippen LogP contribution in [0.1, 0.15) is 42.7 Å². The number of primary amides is 1. The minimum atomic E-state index is -0.415. The maximum absolute atomic E-state index is 12.0. The molecule has 0 bridgehead atoms. The molecule has 0 spiro atoms. The van der Waals surface area contributed by atoms with E-state index in [1.807, 2.05) is 49.4 Å². The van der Waals surface area contributed by atoms with Crippen molar-refractivity contribution >= 4 is 23.2 Å². The van der Waals surface area contributed by atoms with Crippen molar-refractivity contribution in [3.05, 3.63) is 59.7 Å². The smallest absolute Gasteiger partial charge is 0.225 e. The topological polar surface area (TPSA) is 98.2 Å². The number of carbonyl (C=O) groups excluding carboxylic acids is 2. The molecule has 0 aliphatic heterocycles. The van der Waals surface area contributed by atoms with Crippen LogP contribution < -0.4 is 16.8 Å². The summed E-state index contributed by atoms with van der Waals surface area (Å²) in [5.41, 5.74) is 14.7. The quantitative estimate of drug-likeness (QED) is 0.508. The summed E-state index contributed by atoms with van der Waals surface area (Å²) in [7, 11) is 0. The van der Waals surface area contributed by atoms with E-state index in [-0.39, 0.29) is 11.8 Å². The predicted octanol–water partition coefficient (Wildman–Crippen LogP) is 3.35. The first-order chi connectivity index (χ1) is 12.0. The number of hydrogen-bond donors (Lipinski definition) is 3. The van der Waals surface area contributed by atoms with E-state index in [2.05, 4.69) is 5.32 Å². The Morgan fingerprint density at radius 1 is 1.04 bits per heavy atom. The van der Waals surface area contributed by atoms with Crippen LogP contribution in [-0.4, -0.2) is 11.8 Å². The van der Waals surface area contributed by atoms with Crippen LogP contribution in [0.4, 0.5) is 11.4 Å². The molecule has 1 atom stereocenters. The molecule has 25 heavy (non-hydrogen) atoms. The van der Waals surface area contributed by atoms with Gasteiger partial charge in [-0.2, -0.15) is 0 Å².